The van der Waals surface area contributed by atoms with Crippen LogP contribution in [-0.4, -0.2) is 11.0 Å². The molecule has 0 amide bonds. The summed E-state index contributed by atoms with van der Waals surface area (Å²) in [6.07, 6.45) is 0. The zero-order valence-corrected chi connectivity index (χ0v) is 12.4. The highest BCUT2D eigenvalue weighted by molar-refractivity contribution is 7.99. The van der Waals surface area contributed by atoms with E-state index in [4.69, 9.17) is 5.73 Å². The Labute approximate surface area is 119 Å². The molecule has 1 aromatic heterocycles. The molecular formula is C16H20N2S. The lowest BCUT2D eigenvalue weighted by Gasteiger charge is -2.20. The van der Waals surface area contributed by atoms with Crippen LogP contribution in [0.2, 0.25) is 0 Å². The molecule has 2 unspecified atom stereocenters. The molecule has 2 atom stereocenters. The summed E-state index contributed by atoms with van der Waals surface area (Å²) in [6, 6.07) is 14.7. The molecule has 2 rings (SSSR count). The molecule has 0 aliphatic carbocycles. The fourth-order valence-corrected chi connectivity index (χ4v) is 3.34. The van der Waals surface area contributed by atoms with E-state index in [2.05, 4.69) is 48.3 Å². The summed E-state index contributed by atoms with van der Waals surface area (Å²) in [7, 11) is 0. The smallest absolute Gasteiger partial charge is 0.0972 e. The highest BCUT2D eigenvalue weighted by Gasteiger charge is 2.18. The minimum Gasteiger partial charge on any atom is -0.327 e. The normalized spacial score (nSPS) is 14.1. The van der Waals surface area contributed by atoms with Gasteiger partial charge < -0.3 is 5.73 Å². The number of aromatic nitrogens is 1. The predicted molar refractivity (Wildman–Crippen MR) is 82.4 cm³/mol. The monoisotopic (exact) mass is 272 g/mol. The van der Waals surface area contributed by atoms with Crippen LogP contribution in [0.4, 0.5) is 0 Å². The van der Waals surface area contributed by atoms with E-state index in [-0.39, 0.29) is 11.3 Å². The molecule has 0 saturated heterocycles. The summed E-state index contributed by atoms with van der Waals surface area (Å²) in [4.78, 5) is 4.59. The Morgan fingerprint density at radius 1 is 1.11 bits per heavy atom. The highest BCUT2D eigenvalue weighted by atomic mass is 32.2. The van der Waals surface area contributed by atoms with Crippen molar-refractivity contribution in [2.24, 2.45) is 5.73 Å². The molecule has 0 bridgehead atoms. The molecular weight excluding hydrogens is 252 g/mol. The lowest BCUT2D eigenvalue weighted by atomic mass is 10.1. The lowest BCUT2D eigenvalue weighted by Crippen LogP contribution is -2.22. The van der Waals surface area contributed by atoms with Crippen LogP contribution in [0.25, 0.3) is 0 Å². The highest BCUT2D eigenvalue weighted by Crippen LogP contribution is 2.36. The number of pyridine rings is 1. The van der Waals surface area contributed by atoms with Gasteiger partial charge in [0.05, 0.1) is 10.3 Å². The maximum atomic E-state index is 6.14. The van der Waals surface area contributed by atoms with Crippen molar-refractivity contribution in [1.29, 1.82) is 0 Å². The zero-order valence-electron chi connectivity index (χ0n) is 11.6. The van der Waals surface area contributed by atoms with Crippen LogP contribution in [0, 0.1) is 13.8 Å². The van der Waals surface area contributed by atoms with Crippen molar-refractivity contribution in [3.63, 3.8) is 0 Å². The van der Waals surface area contributed by atoms with E-state index in [1.165, 1.54) is 11.1 Å². The van der Waals surface area contributed by atoms with E-state index in [1.807, 2.05) is 19.9 Å². The Balaban J connectivity index is 2.27. The summed E-state index contributed by atoms with van der Waals surface area (Å²) < 4.78 is 0. The maximum absolute atomic E-state index is 6.14. The Morgan fingerprint density at radius 2 is 1.79 bits per heavy atom. The number of rotatable bonds is 4. The number of thioether (sulfide) groups is 1. The van der Waals surface area contributed by atoms with Crippen LogP contribution in [0.3, 0.4) is 0 Å². The minimum atomic E-state index is 0.0787. The molecule has 1 heterocycles. The van der Waals surface area contributed by atoms with E-state index >= 15 is 0 Å². The van der Waals surface area contributed by atoms with Gasteiger partial charge in [-0.15, -0.1) is 0 Å². The standard InChI is InChI=1S/C16H20N2S/c1-11-9-12(2)18-15(10-11)19-16(13(3)17)14-7-5-4-6-8-14/h4-10,13,16H,17H2,1-3H3. The van der Waals surface area contributed by atoms with Crippen molar-refractivity contribution in [3.05, 3.63) is 59.3 Å². The molecule has 0 aliphatic heterocycles. The average molecular weight is 272 g/mol. The van der Waals surface area contributed by atoms with Crippen molar-refractivity contribution in [1.82, 2.24) is 4.98 Å². The molecule has 0 fully saturated rings. The van der Waals surface area contributed by atoms with E-state index in [1.54, 1.807) is 11.8 Å². The predicted octanol–water partition coefficient (Wildman–Crippen LogP) is 3.88. The third kappa shape index (κ3) is 3.82. The molecule has 2 N–H and O–H groups in total. The first-order valence-electron chi connectivity index (χ1n) is 6.49. The number of nitrogens with two attached hydrogens (primary N) is 1. The second-order valence-corrected chi connectivity index (χ2v) is 6.09. The van der Waals surface area contributed by atoms with Gasteiger partial charge in [-0.25, -0.2) is 4.98 Å². The van der Waals surface area contributed by atoms with Gasteiger partial charge in [-0.2, -0.15) is 0 Å². The Bertz CT molecular complexity index is 517. The molecule has 2 nitrogen and oxygen atoms in total. The van der Waals surface area contributed by atoms with Gasteiger partial charge in [0, 0.05) is 11.7 Å². The number of nitrogens with zero attached hydrogens (tertiary/aromatic N) is 1. The Kier molecular flexibility index (Phi) is 4.61. The summed E-state index contributed by atoms with van der Waals surface area (Å²) in [5.41, 5.74) is 9.69. The zero-order chi connectivity index (χ0) is 13.8. The first-order chi connectivity index (χ1) is 9.06. The second-order valence-electron chi connectivity index (χ2n) is 4.93. The topological polar surface area (TPSA) is 38.9 Å². The first kappa shape index (κ1) is 14.1. The molecule has 100 valence electrons. The number of hydrogen-bond donors (Lipinski definition) is 1. The fraction of sp³-hybridized carbons (Fsp3) is 0.312. The van der Waals surface area contributed by atoms with Gasteiger partial charge >= 0.3 is 0 Å². The number of aryl methyl sites for hydroxylation is 2. The third-order valence-electron chi connectivity index (χ3n) is 2.93. The minimum absolute atomic E-state index is 0.0787. The maximum Gasteiger partial charge on any atom is 0.0972 e. The Morgan fingerprint density at radius 3 is 2.37 bits per heavy atom. The van der Waals surface area contributed by atoms with Gasteiger partial charge in [0.25, 0.3) is 0 Å². The van der Waals surface area contributed by atoms with Gasteiger partial charge in [-0.1, -0.05) is 42.1 Å². The third-order valence-corrected chi connectivity index (χ3v) is 4.33. The fourth-order valence-electron chi connectivity index (χ4n) is 2.12. The summed E-state index contributed by atoms with van der Waals surface area (Å²) in [5.74, 6) is 0. The molecule has 19 heavy (non-hydrogen) atoms. The van der Waals surface area contributed by atoms with Crippen LogP contribution >= 0.6 is 11.8 Å². The lowest BCUT2D eigenvalue weighted by molar-refractivity contribution is 0.720. The van der Waals surface area contributed by atoms with Gasteiger partial charge in [-0.05, 0) is 44.0 Å². The molecule has 1 aromatic carbocycles. The molecule has 0 saturated carbocycles. The molecule has 2 aromatic rings. The van der Waals surface area contributed by atoms with E-state index in [0.29, 0.717) is 0 Å². The number of hydrogen-bond acceptors (Lipinski definition) is 3. The van der Waals surface area contributed by atoms with Gasteiger partial charge in [0.2, 0.25) is 0 Å². The number of benzene rings is 1. The largest absolute Gasteiger partial charge is 0.327 e. The van der Waals surface area contributed by atoms with Gasteiger partial charge in [0.15, 0.2) is 0 Å². The summed E-state index contributed by atoms with van der Waals surface area (Å²) in [6.45, 7) is 6.18. The molecule has 0 spiro atoms. The average Bonchev–Trinajstić information content (AvgIpc) is 2.35. The summed E-state index contributed by atoms with van der Waals surface area (Å²) >= 11 is 1.74. The van der Waals surface area contributed by atoms with Crippen LogP contribution in [0.5, 0.6) is 0 Å². The molecule has 0 aliphatic rings. The van der Waals surface area contributed by atoms with Crippen LogP contribution < -0.4 is 5.73 Å². The van der Waals surface area contributed by atoms with Gasteiger partial charge in [0.1, 0.15) is 0 Å². The van der Waals surface area contributed by atoms with Crippen LogP contribution in [-0.2, 0) is 0 Å². The van der Waals surface area contributed by atoms with Gasteiger partial charge in [-0.3, -0.25) is 0 Å². The molecule has 0 radical (unpaired) electrons. The second kappa shape index (κ2) is 6.22. The van der Waals surface area contributed by atoms with E-state index < -0.39 is 0 Å². The van der Waals surface area contributed by atoms with E-state index in [0.717, 1.165) is 10.7 Å². The van der Waals surface area contributed by atoms with Crippen molar-refractivity contribution < 1.29 is 0 Å². The van der Waals surface area contributed by atoms with E-state index in [9.17, 15) is 0 Å². The van der Waals surface area contributed by atoms with Crippen molar-refractivity contribution in [2.75, 3.05) is 0 Å². The molecule has 3 heteroatoms. The van der Waals surface area contributed by atoms with Crippen molar-refractivity contribution >= 4 is 11.8 Å². The SMILES string of the molecule is Cc1cc(C)nc(SC(c2ccccc2)C(C)N)c1. The quantitative estimate of drug-likeness (QED) is 0.858. The van der Waals surface area contributed by atoms with Crippen LogP contribution in [0.1, 0.15) is 29.0 Å². The Hall–Kier alpha value is -1.32. The first-order valence-corrected chi connectivity index (χ1v) is 7.36. The summed E-state index contributed by atoms with van der Waals surface area (Å²) in [5, 5.41) is 1.28. The van der Waals surface area contributed by atoms with Crippen molar-refractivity contribution in [3.8, 4) is 0 Å². The van der Waals surface area contributed by atoms with Crippen LogP contribution in [0.15, 0.2) is 47.5 Å². The van der Waals surface area contributed by atoms with Crippen molar-refractivity contribution in [2.45, 2.75) is 37.1 Å².